The van der Waals surface area contributed by atoms with Gasteiger partial charge in [0.05, 0.1) is 16.9 Å². The van der Waals surface area contributed by atoms with E-state index >= 15 is 0 Å². The highest BCUT2D eigenvalue weighted by Crippen LogP contribution is 2.38. The van der Waals surface area contributed by atoms with Crippen LogP contribution in [0.5, 0.6) is 0 Å². The number of amides is 1. The van der Waals surface area contributed by atoms with E-state index in [-0.39, 0.29) is 29.8 Å². The van der Waals surface area contributed by atoms with Crippen LogP contribution >= 0.6 is 0 Å². The zero-order chi connectivity index (χ0) is 24.3. The van der Waals surface area contributed by atoms with Gasteiger partial charge in [0.25, 0.3) is 5.91 Å². The van der Waals surface area contributed by atoms with E-state index in [1.54, 1.807) is 34.5 Å². The Hall–Kier alpha value is -3.53. The quantitative estimate of drug-likeness (QED) is 0.442. The number of alkyl halides is 1. The van der Waals surface area contributed by atoms with Crippen LogP contribution < -0.4 is 15.5 Å². The van der Waals surface area contributed by atoms with Crippen LogP contribution in [0, 0.1) is 12.7 Å². The third kappa shape index (κ3) is 3.91. The van der Waals surface area contributed by atoms with Crippen LogP contribution in [0.3, 0.4) is 0 Å². The molecule has 35 heavy (non-hydrogen) atoms. The highest BCUT2D eigenvalue weighted by atomic mass is 19.1. The topological polar surface area (TPSA) is 79.5 Å². The maximum atomic E-state index is 14.5. The number of carbonyl (C=O) groups is 1. The lowest BCUT2D eigenvalue weighted by atomic mass is 10.1. The maximum Gasteiger partial charge on any atom is 0.257 e. The van der Waals surface area contributed by atoms with Gasteiger partial charge in [0.2, 0.25) is 0 Å². The van der Waals surface area contributed by atoms with Gasteiger partial charge in [0.1, 0.15) is 12.2 Å². The first-order chi connectivity index (χ1) is 16.8. The summed E-state index contributed by atoms with van der Waals surface area (Å²) >= 11 is 0. The summed E-state index contributed by atoms with van der Waals surface area (Å²) in [5, 5.41) is 11.7. The standard InChI is InChI=1S/C25H27F2N7O/c1-15-10-34-12-17(9-20(27)23(34)28-15)29-24(35)18-3-4-21(19-13-32(2)31-22(18)19)33-8-5-16(11-33)30-25(14-26)6-7-25/h3-4,9-10,12-13,16,30H,5-8,11,14H2,1-2H3,(H,29,35). The zero-order valence-corrected chi connectivity index (χ0v) is 19.7. The number of anilines is 2. The lowest BCUT2D eigenvalue weighted by Gasteiger charge is -2.22. The van der Waals surface area contributed by atoms with E-state index in [4.69, 9.17) is 0 Å². The van der Waals surface area contributed by atoms with Crippen LogP contribution in [-0.2, 0) is 7.05 Å². The summed E-state index contributed by atoms with van der Waals surface area (Å²) in [7, 11) is 1.82. The summed E-state index contributed by atoms with van der Waals surface area (Å²) in [6.45, 7) is 3.09. The fraction of sp³-hybridized carbons (Fsp3) is 0.400. The predicted octanol–water partition coefficient (Wildman–Crippen LogP) is 3.59. The first-order valence-corrected chi connectivity index (χ1v) is 11.9. The normalized spacial score (nSPS) is 19.1. The van der Waals surface area contributed by atoms with Gasteiger partial charge >= 0.3 is 0 Å². The largest absolute Gasteiger partial charge is 0.369 e. The van der Waals surface area contributed by atoms with E-state index in [9.17, 15) is 13.6 Å². The van der Waals surface area contributed by atoms with Crippen molar-refractivity contribution in [3.05, 3.63) is 53.9 Å². The van der Waals surface area contributed by atoms with Crippen molar-refractivity contribution in [2.45, 2.75) is 37.8 Å². The minimum absolute atomic E-state index is 0.217. The average Bonchev–Trinajstić information content (AvgIpc) is 3.10. The molecule has 3 aromatic heterocycles. The second-order valence-corrected chi connectivity index (χ2v) is 9.83. The van der Waals surface area contributed by atoms with Crippen molar-refractivity contribution in [3.63, 3.8) is 0 Å². The number of benzene rings is 1. The van der Waals surface area contributed by atoms with Gasteiger partial charge in [-0.15, -0.1) is 0 Å². The Morgan fingerprint density at radius 2 is 2.09 bits per heavy atom. The van der Waals surface area contributed by atoms with Crippen molar-refractivity contribution in [1.82, 2.24) is 24.5 Å². The molecule has 182 valence electrons. The third-order valence-corrected chi connectivity index (χ3v) is 7.05. The van der Waals surface area contributed by atoms with Crippen molar-refractivity contribution in [2.75, 3.05) is 30.0 Å². The molecule has 1 amide bonds. The van der Waals surface area contributed by atoms with Gasteiger partial charge in [0, 0.05) is 67.4 Å². The van der Waals surface area contributed by atoms with Crippen LogP contribution in [0.1, 0.15) is 35.3 Å². The first-order valence-electron chi connectivity index (χ1n) is 11.9. The Labute approximate surface area is 200 Å². The number of nitrogens with one attached hydrogen (secondary N) is 2. The van der Waals surface area contributed by atoms with Crippen LogP contribution in [0.2, 0.25) is 0 Å². The summed E-state index contributed by atoms with van der Waals surface area (Å²) in [6.07, 6.45) is 7.99. The van der Waals surface area contributed by atoms with Crippen molar-refractivity contribution in [2.24, 2.45) is 7.05 Å². The van der Waals surface area contributed by atoms with Crippen molar-refractivity contribution in [3.8, 4) is 0 Å². The second kappa shape index (κ2) is 8.01. The molecule has 1 atom stereocenters. The van der Waals surface area contributed by atoms with Gasteiger partial charge in [0.15, 0.2) is 11.5 Å². The molecule has 0 radical (unpaired) electrons. The molecular formula is C25H27F2N7O. The molecule has 6 rings (SSSR count). The molecule has 1 saturated heterocycles. The Balaban J connectivity index is 1.27. The average molecular weight is 480 g/mol. The molecule has 1 aliphatic heterocycles. The van der Waals surface area contributed by atoms with Crippen LogP contribution in [0.15, 0.2) is 36.8 Å². The number of fused-ring (bicyclic) bond motifs is 2. The van der Waals surface area contributed by atoms with Gasteiger partial charge in [-0.1, -0.05) is 0 Å². The minimum Gasteiger partial charge on any atom is -0.369 e. The van der Waals surface area contributed by atoms with E-state index in [2.05, 4.69) is 25.6 Å². The number of pyridine rings is 1. The van der Waals surface area contributed by atoms with Gasteiger partial charge in [-0.05, 0) is 38.3 Å². The molecule has 1 aliphatic carbocycles. The molecule has 0 bridgehead atoms. The highest BCUT2D eigenvalue weighted by Gasteiger charge is 2.45. The molecule has 2 N–H and O–H groups in total. The number of hydrogen-bond acceptors (Lipinski definition) is 5. The number of aryl methyl sites for hydroxylation is 2. The molecule has 10 heteroatoms. The molecule has 0 spiro atoms. The summed E-state index contributed by atoms with van der Waals surface area (Å²) < 4.78 is 31.1. The molecule has 8 nitrogen and oxygen atoms in total. The minimum atomic E-state index is -0.507. The molecule has 1 aromatic carbocycles. The monoisotopic (exact) mass is 479 g/mol. The number of imidazole rings is 1. The SMILES string of the molecule is Cc1cn2cc(NC(=O)c3ccc(N4CCC(NC5(CF)CC5)C4)c4cn(C)nc34)cc(F)c2n1. The van der Waals surface area contributed by atoms with Crippen molar-refractivity contribution >= 4 is 33.8 Å². The van der Waals surface area contributed by atoms with Gasteiger partial charge in [-0.25, -0.2) is 13.8 Å². The Morgan fingerprint density at radius 3 is 2.86 bits per heavy atom. The van der Waals surface area contributed by atoms with Crippen molar-refractivity contribution in [1.29, 1.82) is 0 Å². The maximum absolute atomic E-state index is 14.5. The van der Waals surface area contributed by atoms with Crippen LogP contribution in [-0.4, -0.2) is 56.4 Å². The molecule has 2 fully saturated rings. The van der Waals surface area contributed by atoms with Gasteiger partial charge < -0.3 is 19.9 Å². The Bertz CT molecular complexity index is 1460. The van der Waals surface area contributed by atoms with Crippen LogP contribution in [0.25, 0.3) is 16.6 Å². The van der Waals surface area contributed by atoms with E-state index in [0.717, 1.165) is 43.4 Å². The first kappa shape index (κ1) is 22.0. The molecule has 2 aliphatic rings. The van der Waals surface area contributed by atoms with Crippen LogP contribution in [0.4, 0.5) is 20.2 Å². The Morgan fingerprint density at radius 1 is 1.26 bits per heavy atom. The summed E-state index contributed by atoms with van der Waals surface area (Å²) in [6, 6.07) is 5.21. The molecule has 1 saturated carbocycles. The number of carbonyl (C=O) groups excluding carboxylic acids is 1. The molecular weight excluding hydrogens is 452 g/mol. The predicted molar refractivity (Wildman–Crippen MR) is 130 cm³/mol. The zero-order valence-electron chi connectivity index (χ0n) is 19.7. The number of nitrogens with zero attached hydrogens (tertiary/aromatic N) is 5. The van der Waals surface area contributed by atoms with Gasteiger partial charge in [-0.3, -0.25) is 9.48 Å². The number of hydrogen-bond donors (Lipinski definition) is 2. The third-order valence-electron chi connectivity index (χ3n) is 7.05. The second-order valence-electron chi connectivity index (χ2n) is 9.83. The van der Waals surface area contributed by atoms with E-state index in [0.29, 0.717) is 22.5 Å². The summed E-state index contributed by atoms with van der Waals surface area (Å²) in [4.78, 5) is 19.6. The van der Waals surface area contributed by atoms with E-state index in [1.165, 1.54) is 6.07 Å². The van der Waals surface area contributed by atoms with E-state index < -0.39 is 5.82 Å². The number of rotatable bonds is 6. The lowest BCUT2D eigenvalue weighted by Crippen LogP contribution is -2.43. The number of halogens is 2. The molecule has 1 unspecified atom stereocenters. The fourth-order valence-electron chi connectivity index (χ4n) is 5.11. The lowest BCUT2D eigenvalue weighted by molar-refractivity contribution is 0.102. The molecule has 4 heterocycles. The molecule has 4 aromatic rings. The van der Waals surface area contributed by atoms with Gasteiger partial charge in [-0.2, -0.15) is 5.10 Å². The fourth-order valence-corrected chi connectivity index (χ4v) is 5.11. The Kier molecular flexibility index (Phi) is 5.03. The smallest absolute Gasteiger partial charge is 0.257 e. The van der Waals surface area contributed by atoms with Crippen molar-refractivity contribution < 1.29 is 13.6 Å². The number of aromatic nitrogens is 4. The van der Waals surface area contributed by atoms with E-state index in [1.807, 2.05) is 19.3 Å². The highest BCUT2D eigenvalue weighted by molar-refractivity contribution is 6.13. The summed E-state index contributed by atoms with van der Waals surface area (Å²) in [5.41, 5.74) is 2.92. The summed E-state index contributed by atoms with van der Waals surface area (Å²) in [5.74, 6) is -0.873.